The number of benzene rings is 2. The van der Waals surface area contributed by atoms with Gasteiger partial charge in [0, 0.05) is 6.42 Å². The molecule has 1 atom stereocenters. The number of rotatable bonds is 13. The Morgan fingerprint density at radius 2 is 1.60 bits per heavy atom. The minimum atomic E-state index is -0.418. The molecule has 0 aliphatic carbocycles. The smallest absolute Gasteiger partial charge is 0.306 e. The van der Waals surface area contributed by atoms with E-state index >= 15 is 0 Å². The van der Waals surface area contributed by atoms with Crippen LogP contribution in [0.1, 0.15) is 71.3 Å². The van der Waals surface area contributed by atoms with Crippen molar-refractivity contribution < 1.29 is 18.7 Å². The third-order valence-corrected chi connectivity index (χ3v) is 5.08. The normalized spacial score (nSPS) is 11.9. The van der Waals surface area contributed by atoms with E-state index in [9.17, 15) is 9.18 Å². The van der Waals surface area contributed by atoms with Gasteiger partial charge in [-0.2, -0.15) is 0 Å². The van der Waals surface area contributed by atoms with Crippen molar-refractivity contribution in [1.82, 2.24) is 0 Å². The summed E-state index contributed by atoms with van der Waals surface area (Å²) in [6.45, 7) is 6.17. The van der Waals surface area contributed by atoms with Crippen molar-refractivity contribution >= 4 is 5.97 Å². The zero-order valence-electron chi connectivity index (χ0n) is 18.6. The second-order valence-electron chi connectivity index (χ2n) is 7.87. The van der Waals surface area contributed by atoms with Crippen molar-refractivity contribution in [2.24, 2.45) is 0 Å². The van der Waals surface area contributed by atoms with Gasteiger partial charge in [-0.3, -0.25) is 4.79 Å². The van der Waals surface area contributed by atoms with Gasteiger partial charge in [0.2, 0.25) is 0 Å². The summed E-state index contributed by atoms with van der Waals surface area (Å²) < 4.78 is 25.4. The van der Waals surface area contributed by atoms with Gasteiger partial charge >= 0.3 is 5.97 Å². The third kappa shape index (κ3) is 8.17. The number of aryl methyl sites for hydroxylation is 1. The van der Waals surface area contributed by atoms with Gasteiger partial charge in [0.25, 0.3) is 0 Å². The van der Waals surface area contributed by atoms with Crippen LogP contribution in [0.15, 0.2) is 42.5 Å². The monoisotopic (exact) mass is 414 g/mol. The number of halogens is 1. The molecule has 0 radical (unpaired) electrons. The van der Waals surface area contributed by atoms with Crippen LogP contribution in [0, 0.1) is 5.82 Å². The molecule has 30 heavy (non-hydrogen) atoms. The molecule has 0 N–H and O–H groups in total. The van der Waals surface area contributed by atoms with E-state index in [4.69, 9.17) is 9.47 Å². The SMILES string of the molecule is CCCCCC(=O)OC(C)COc1ccc(-c2ccc(CCCCC)cc2)cc1F. The fourth-order valence-corrected chi connectivity index (χ4v) is 3.28. The van der Waals surface area contributed by atoms with Gasteiger partial charge in [0.15, 0.2) is 11.6 Å². The maximum absolute atomic E-state index is 14.5. The van der Waals surface area contributed by atoms with Gasteiger partial charge in [0.05, 0.1) is 0 Å². The first-order valence-electron chi connectivity index (χ1n) is 11.2. The van der Waals surface area contributed by atoms with Gasteiger partial charge in [0.1, 0.15) is 12.7 Å². The fourth-order valence-electron chi connectivity index (χ4n) is 3.28. The van der Waals surface area contributed by atoms with Crippen LogP contribution in [0.4, 0.5) is 4.39 Å². The van der Waals surface area contributed by atoms with E-state index in [1.807, 2.05) is 18.2 Å². The van der Waals surface area contributed by atoms with E-state index in [1.165, 1.54) is 30.9 Å². The topological polar surface area (TPSA) is 35.5 Å². The van der Waals surface area contributed by atoms with E-state index in [0.717, 1.165) is 36.8 Å². The highest BCUT2D eigenvalue weighted by Crippen LogP contribution is 2.26. The molecule has 1 unspecified atom stereocenters. The zero-order valence-corrected chi connectivity index (χ0v) is 18.6. The molecule has 0 saturated carbocycles. The summed E-state index contributed by atoms with van der Waals surface area (Å²) >= 11 is 0. The first kappa shape index (κ1) is 23.9. The first-order valence-corrected chi connectivity index (χ1v) is 11.2. The zero-order chi connectivity index (χ0) is 21.8. The van der Waals surface area contributed by atoms with E-state index in [0.29, 0.717) is 6.42 Å². The Kier molecular flexibility index (Phi) is 10.4. The van der Waals surface area contributed by atoms with Gasteiger partial charge in [-0.15, -0.1) is 0 Å². The second kappa shape index (κ2) is 13.0. The van der Waals surface area contributed by atoms with Crippen molar-refractivity contribution in [2.45, 2.75) is 78.2 Å². The number of ether oxygens (including phenoxy) is 2. The molecule has 0 bridgehead atoms. The molecule has 0 aromatic heterocycles. The molecule has 2 aromatic carbocycles. The van der Waals surface area contributed by atoms with Gasteiger partial charge < -0.3 is 9.47 Å². The first-order chi connectivity index (χ1) is 14.5. The number of esters is 1. The van der Waals surface area contributed by atoms with Gasteiger partial charge in [-0.1, -0.05) is 69.9 Å². The maximum atomic E-state index is 14.5. The molecule has 0 aliphatic rings. The van der Waals surface area contributed by atoms with Crippen LogP contribution in [-0.4, -0.2) is 18.7 Å². The number of carbonyl (C=O) groups is 1. The number of carbonyl (C=O) groups excluding carboxylic acids is 1. The van der Waals surface area contributed by atoms with Crippen LogP contribution < -0.4 is 4.74 Å². The summed E-state index contributed by atoms with van der Waals surface area (Å²) in [4.78, 5) is 11.8. The number of unbranched alkanes of at least 4 members (excludes halogenated alkanes) is 4. The highest BCUT2D eigenvalue weighted by molar-refractivity contribution is 5.69. The molecule has 0 spiro atoms. The molecule has 4 heteroatoms. The lowest BCUT2D eigenvalue weighted by Crippen LogP contribution is -2.22. The lowest BCUT2D eigenvalue weighted by molar-refractivity contribution is -0.149. The maximum Gasteiger partial charge on any atom is 0.306 e. The lowest BCUT2D eigenvalue weighted by atomic mass is 10.0. The Balaban J connectivity index is 1.86. The predicted molar refractivity (Wildman–Crippen MR) is 120 cm³/mol. The van der Waals surface area contributed by atoms with E-state index in [1.54, 1.807) is 13.0 Å². The van der Waals surface area contributed by atoms with Crippen molar-refractivity contribution in [3.05, 3.63) is 53.8 Å². The van der Waals surface area contributed by atoms with E-state index in [2.05, 4.69) is 26.0 Å². The Labute approximate surface area is 180 Å². The summed E-state index contributed by atoms with van der Waals surface area (Å²) in [6.07, 6.45) is 7.63. The van der Waals surface area contributed by atoms with Crippen molar-refractivity contribution in [1.29, 1.82) is 0 Å². The van der Waals surface area contributed by atoms with Gasteiger partial charge in [-0.05, 0) is 55.0 Å². The third-order valence-electron chi connectivity index (χ3n) is 5.08. The number of hydrogen-bond acceptors (Lipinski definition) is 3. The molecule has 164 valence electrons. The Bertz CT molecular complexity index is 770. The van der Waals surface area contributed by atoms with Crippen LogP contribution in [0.2, 0.25) is 0 Å². The molecule has 0 amide bonds. The highest BCUT2D eigenvalue weighted by Gasteiger charge is 2.12. The summed E-state index contributed by atoms with van der Waals surface area (Å²) in [5, 5.41) is 0. The minimum absolute atomic E-state index is 0.127. The van der Waals surface area contributed by atoms with Crippen LogP contribution in [0.25, 0.3) is 11.1 Å². The Morgan fingerprint density at radius 1 is 0.933 bits per heavy atom. The Hall–Kier alpha value is -2.36. The molecule has 2 aromatic rings. The lowest BCUT2D eigenvalue weighted by Gasteiger charge is -2.15. The molecule has 0 aliphatic heterocycles. The van der Waals surface area contributed by atoms with Crippen molar-refractivity contribution in [3.63, 3.8) is 0 Å². The van der Waals surface area contributed by atoms with Crippen LogP contribution in [0.5, 0.6) is 5.75 Å². The summed E-state index contributed by atoms with van der Waals surface area (Å²) in [5.41, 5.74) is 3.11. The molecule has 2 rings (SSSR count). The van der Waals surface area contributed by atoms with Crippen molar-refractivity contribution in [2.75, 3.05) is 6.61 Å². The standard InChI is InChI=1S/C26H35FO3/c1-4-6-8-10-21-12-14-22(15-13-21)23-16-17-25(24(27)18-23)29-19-20(3)30-26(28)11-9-7-5-2/h12-18,20H,4-11,19H2,1-3H3. The summed E-state index contributed by atoms with van der Waals surface area (Å²) in [7, 11) is 0. The van der Waals surface area contributed by atoms with E-state index in [-0.39, 0.29) is 18.3 Å². The molecular weight excluding hydrogens is 379 g/mol. The fraction of sp³-hybridized carbons (Fsp3) is 0.500. The molecule has 0 saturated heterocycles. The van der Waals surface area contributed by atoms with Gasteiger partial charge in [-0.25, -0.2) is 4.39 Å². The second-order valence-corrected chi connectivity index (χ2v) is 7.87. The van der Waals surface area contributed by atoms with Crippen molar-refractivity contribution in [3.8, 4) is 16.9 Å². The van der Waals surface area contributed by atoms with Crippen LogP contribution in [0.3, 0.4) is 0 Å². The predicted octanol–water partition coefficient (Wildman–Crippen LogP) is 7.12. The van der Waals surface area contributed by atoms with E-state index < -0.39 is 11.9 Å². The molecule has 3 nitrogen and oxygen atoms in total. The summed E-state index contributed by atoms with van der Waals surface area (Å²) in [5.74, 6) is -0.474. The average molecular weight is 415 g/mol. The quantitative estimate of drug-likeness (QED) is 0.259. The molecule has 0 heterocycles. The largest absolute Gasteiger partial charge is 0.487 e. The molecule has 0 fully saturated rings. The number of hydrogen-bond donors (Lipinski definition) is 0. The highest BCUT2D eigenvalue weighted by atomic mass is 19.1. The molecular formula is C26H35FO3. The van der Waals surface area contributed by atoms with Crippen LogP contribution in [-0.2, 0) is 16.0 Å². The summed E-state index contributed by atoms with van der Waals surface area (Å²) in [6, 6.07) is 13.3. The van der Waals surface area contributed by atoms with Crippen LogP contribution >= 0.6 is 0 Å². The average Bonchev–Trinajstić information content (AvgIpc) is 2.74. The minimum Gasteiger partial charge on any atom is -0.487 e. The Morgan fingerprint density at radius 3 is 2.27 bits per heavy atom.